The van der Waals surface area contributed by atoms with E-state index in [1.807, 2.05) is 12.1 Å². The van der Waals surface area contributed by atoms with E-state index in [-0.39, 0.29) is 32.0 Å². The van der Waals surface area contributed by atoms with Crippen LogP contribution in [0.5, 0.6) is 11.5 Å². The van der Waals surface area contributed by atoms with Crippen LogP contribution >= 0.6 is 0 Å². The highest BCUT2D eigenvalue weighted by Gasteiger charge is 2.37. The van der Waals surface area contributed by atoms with Gasteiger partial charge in [0.25, 0.3) is 5.56 Å². The number of fused-ring (bicyclic) bond motifs is 1. The number of nitrogens with two attached hydrogens (primary N) is 1. The Balaban J connectivity index is 2.07. The zero-order chi connectivity index (χ0) is 29.5. The summed E-state index contributed by atoms with van der Waals surface area (Å²) in [6.07, 6.45) is -1.12. The Morgan fingerprint density at radius 1 is 0.829 bits per heavy atom. The van der Waals surface area contributed by atoms with E-state index in [0.717, 1.165) is 0 Å². The molecule has 0 fully saturated rings. The van der Waals surface area contributed by atoms with Gasteiger partial charge in [-0.2, -0.15) is 0 Å². The van der Waals surface area contributed by atoms with Crippen molar-refractivity contribution in [3.63, 3.8) is 0 Å². The van der Waals surface area contributed by atoms with E-state index in [0.29, 0.717) is 17.1 Å². The van der Waals surface area contributed by atoms with Crippen molar-refractivity contribution in [2.75, 3.05) is 7.11 Å². The van der Waals surface area contributed by atoms with E-state index < -0.39 is 26.9 Å². The Morgan fingerprint density at radius 2 is 1.41 bits per heavy atom. The molecule has 0 unspecified atom stereocenters. The number of sulfone groups is 1. The second-order valence-electron chi connectivity index (χ2n) is 10.4. The van der Waals surface area contributed by atoms with Crippen molar-refractivity contribution < 1.29 is 22.7 Å². The van der Waals surface area contributed by atoms with Crippen LogP contribution in [0.3, 0.4) is 0 Å². The fraction of sp³-hybridized carbons (Fsp3) is 0.161. The van der Waals surface area contributed by atoms with Crippen LogP contribution in [0.4, 0.5) is 4.79 Å². The summed E-state index contributed by atoms with van der Waals surface area (Å²) in [5.74, 6) is 0.265. The lowest BCUT2D eigenvalue weighted by molar-refractivity contribution is 0.209. The largest absolute Gasteiger partial charge is 0.497 e. The molecule has 0 saturated carbocycles. The number of ether oxygens (including phenoxy) is 2. The van der Waals surface area contributed by atoms with Crippen LogP contribution in [0.15, 0.2) is 106 Å². The molecule has 210 valence electrons. The number of para-hydroxylation sites is 2. The minimum absolute atomic E-state index is 0.0535. The number of amides is 1. The maximum atomic E-state index is 14.6. The van der Waals surface area contributed by atoms with Gasteiger partial charge in [0.05, 0.1) is 39.2 Å². The van der Waals surface area contributed by atoms with Gasteiger partial charge < -0.3 is 15.2 Å². The van der Waals surface area contributed by atoms with Gasteiger partial charge in [-0.25, -0.2) is 22.6 Å². The SMILES string of the molecule is COc1cccc(S(=O)(=O)c2c(C(C)(C)C)c(OC(N)=O)cc3c2c(=O)n(-c2ccccc2)n3-c2ccccc2)c1. The number of carbonyl (C=O) groups is 1. The maximum absolute atomic E-state index is 14.6. The Kier molecular flexibility index (Phi) is 6.96. The standard InChI is InChI=1S/C31H29N3O6S/c1-31(2,3)27-25(40-30(32)36)19-24-26(28(27)41(37,38)23-17-11-16-22(18-23)39-4)29(35)34(21-14-9-6-10-15-21)33(24)20-12-7-5-8-13-20/h5-19H,1-4H3,(H2,32,36). The van der Waals surface area contributed by atoms with Crippen LogP contribution in [0.25, 0.3) is 22.3 Å². The number of benzene rings is 4. The van der Waals surface area contributed by atoms with Gasteiger partial charge in [0, 0.05) is 11.6 Å². The summed E-state index contributed by atoms with van der Waals surface area (Å²) < 4.78 is 42.9. The van der Waals surface area contributed by atoms with Crippen molar-refractivity contribution in [1.29, 1.82) is 0 Å². The summed E-state index contributed by atoms with van der Waals surface area (Å²) in [4.78, 5) is 26.2. The highest BCUT2D eigenvalue weighted by Crippen LogP contribution is 2.44. The molecule has 0 aliphatic rings. The summed E-state index contributed by atoms with van der Waals surface area (Å²) in [6, 6.07) is 25.4. The van der Waals surface area contributed by atoms with Crippen LogP contribution in [0, 0.1) is 0 Å². The van der Waals surface area contributed by atoms with Crippen LogP contribution in [-0.2, 0) is 15.3 Å². The number of hydrogen-bond acceptors (Lipinski definition) is 6. The third kappa shape index (κ3) is 4.87. The number of rotatable bonds is 6. The summed E-state index contributed by atoms with van der Waals surface area (Å²) in [6.45, 7) is 5.32. The highest BCUT2D eigenvalue weighted by atomic mass is 32.2. The minimum Gasteiger partial charge on any atom is -0.497 e. The van der Waals surface area contributed by atoms with Crippen molar-refractivity contribution >= 4 is 26.8 Å². The van der Waals surface area contributed by atoms with E-state index in [1.165, 1.54) is 30.0 Å². The van der Waals surface area contributed by atoms with Gasteiger partial charge in [-0.1, -0.05) is 63.2 Å². The van der Waals surface area contributed by atoms with Gasteiger partial charge >= 0.3 is 6.09 Å². The summed E-state index contributed by atoms with van der Waals surface area (Å²) in [5, 5.41) is -0.0535. The Labute approximate surface area is 237 Å². The van der Waals surface area contributed by atoms with Crippen molar-refractivity contribution in [2.24, 2.45) is 5.73 Å². The third-order valence-corrected chi connectivity index (χ3v) is 8.46. The van der Waals surface area contributed by atoms with Gasteiger partial charge in [0.15, 0.2) is 0 Å². The molecule has 1 aromatic heterocycles. The molecular weight excluding hydrogens is 542 g/mol. The first-order chi connectivity index (χ1) is 19.4. The molecule has 5 rings (SSSR count). The van der Waals surface area contributed by atoms with Gasteiger partial charge in [-0.05, 0) is 47.9 Å². The number of aromatic nitrogens is 2. The second kappa shape index (κ2) is 10.3. The average Bonchev–Trinajstić information content (AvgIpc) is 3.23. The third-order valence-electron chi connectivity index (χ3n) is 6.64. The normalized spacial score (nSPS) is 11.9. The molecule has 0 aliphatic heterocycles. The second-order valence-corrected chi connectivity index (χ2v) is 12.3. The monoisotopic (exact) mass is 571 g/mol. The number of carbonyl (C=O) groups excluding carboxylic acids is 1. The average molecular weight is 572 g/mol. The highest BCUT2D eigenvalue weighted by molar-refractivity contribution is 7.91. The number of primary amides is 1. The number of methoxy groups -OCH3 is 1. The molecule has 0 atom stereocenters. The first-order valence-electron chi connectivity index (χ1n) is 12.8. The number of hydrogen-bond donors (Lipinski definition) is 1. The topological polar surface area (TPSA) is 123 Å². The first kappa shape index (κ1) is 27.7. The van der Waals surface area contributed by atoms with Crippen molar-refractivity contribution in [1.82, 2.24) is 9.36 Å². The Hall–Kier alpha value is -4.83. The lowest BCUT2D eigenvalue weighted by Crippen LogP contribution is -2.24. The molecule has 0 saturated heterocycles. The molecule has 41 heavy (non-hydrogen) atoms. The van der Waals surface area contributed by atoms with Crippen LogP contribution in [0.1, 0.15) is 26.3 Å². The molecule has 4 aromatic carbocycles. The smallest absolute Gasteiger partial charge is 0.409 e. The van der Waals surface area contributed by atoms with Gasteiger partial charge in [0.1, 0.15) is 11.5 Å². The molecule has 0 spiro atoms. The van der Waals surface area contributed by atoms with Crippen molar-refractivity contribution in [3.05, 3.63) is 107 Å². The van der Waals surface area contributed by atoms with Crippen LogP contribution in [0.2, 0.25) is 0 Å². The fourth-order valence-electron chi connectivity index (χ4n) is 4.98. The van der Waals surface area contributed by atoms with E-state index in [4.69, 9.17) is 15.2 Å². The molecule has 5 aromatic rings. The van der Waals surface area contributed by atoms with E-state index >= 15 is 0 Å². The molecule has 1 amide bonds. The zero-order valence-corrected chi connectivity index (χ0v) is 23.8. The quantitative estimate of drug-likeness (QED) is 0.292. The molecule has 0 aliphatic carbocycles. The maximum Gasteiger partial charge on any atom is 0.409 e. The Morgan fingerprint density at radius 3 is 1.95 bits per heavy atom. The number of nitrogens with zero attached hydrogens (tertiary/aromatic N) is 2. The predicted molar refractivity (Wildman–Crippen MR) is 156 cm³/mol. The van der Waals surface area contributed by atoms with Crippen LogP contribution < -0.4 is 20.8 Å². The molecular formula is C31H29N3O6S. The van der Waals surface area contributed by atoms with E-state index in [2.05, 4.69) is 0 Å². The minimum atomic E-state index is -4.40. The lowest BCUT2D eigenvalue weighted by atomic mass is 9.85. The van der Waals surface area contributed by atoms with Gasteiger partial charge in [-0.3, -0.25) is 4.79 Å². The lowest BCUT2D eigenvalue weighted by Gasteiger charge is -2.26. The van der Waals surface area contributed by atoms with E-state index in [9.17, 15) is 18.0 Å². The molecule has 1 heterocycles. The predicted octanol–water partition coefficient (Wildman–Crippen LogP) is 5.38. The molecule has 0 bridgehead atoms. The Bertz CT molecular complexity index is 1940. The van der Waals surface area contributed by atoms with E-state index in [1.54, 1.807) is 86.1 Å². The van der Waals surface area contributed by atoms with Crippen LogP contribution in [-0.4, -0.2) is 31.0 Å². The van der Waals surface area contributed by atoms with Crippen molar-refractivity contribution in [2.45, 2.75) is 36.0 Å². The first-order valence-corrected chi connectivity index (χ1v) is 14.3. The summed E-state index contributed by atoms with van der Waals surface area (Å²) >= 11 is 0. The fourth-order valence-corrected chi connectivity index (χ4v) is 6.88. The summed E-state index contributed by atoms with van der Waals surface area (Å²) in [5.41, 5.74) is 5.46. The zero-order valence-electron chi connectivity index (χ0n) is 23.0. The molecule has 10 heteroatoms. The molecule has 0 radical (unpaired) electrons. The van der Waals surface area contributed by atoms with Crippen molar-refractivity contribution in [3.8, 4) is 22.9 Å². The summed E-state index contributed by atoms with van der Waals surface area (Å²) in [7, 11) is -2.96. The van der Waals surface area contributed by atoms with Gasteiger partial charge in [0.2, 0.25) is 9.84 Å². The molecule has 2 N–H and O–H groups in total. The molecule has 9 nitrogen and oxygen atoms in total. The van der Waals surface area contributed by atoms with Gasteiger partial charge in [-0.15, -0.1) is 0 Å².